The monoisotopic (exact) mass is 327 g/mol. The lowest BCUT2D eigenvalue weighted by atomic mass is 9.75. The van der Waals surface area contributed by atoms with E-state index in [1.54, 1.807) is 12.1 Å². The number of amidine groups is 1. The molecule has 0 aliphatic carbocycles. The summed E-state index contributed by atoms with van der Waals surface area (Å²) in [6.45, 7) is 3.95. The molecule has 0 unspecified atom stereocenters. The molecular formula is C17H18FN5O. The van der Waals surface area contributed by atoms with E-state index in [9.17, 15) is 4.39 Å². The number of ether oxygens (including phenoxy) is 1. The number of anilines is 1. The van der Waals surface area contributed by atoms with Gasteiger partial charge in [0.2, 0.25) is 5.95 Å². The Bertz CT molecular complexity index is 833. The Hall–Kier alpha value is -2.28. The van der Waals surface area contributed by atoms with Crippen LogP contribution >= 0.6 is 0 Å². The first-order chi connectivity index (χ1) is 11.7. The zero-order valence-corrected chi connectivity index (χ0v) is 13.2. The molecule has 6 rings (SSSR count). The molecular weight excluding hydrogens is 309 g/mol. The molecule has 1 aromatic heterocycles. The average Bonchev–Trinajstić information content (AvgIpc) is 2.98. The van der Waals surface area contributed by atoms with E-state index in [1.165, 1.54) is 25.1 Å². The van der Waals surface area contributed by atoms with Crippen molar-refractivity contribution in [3.63, 3.8) is 0 Å². The van der Waals surface area contributed by atoms with Gasteiger partial charge in [-0.05, 0) is 38.1 Å². The number of benzene rings is 1. The molecule has 1 atom stereocenters. The van der Waals surface area contributed by atoms with Gasteiger partial charge in [0.1, 0.15) is 11.4 Å². The smallest absolute Gasteiger partial charge is 0.292 e. The van der Waals surface area contributed by atoms with Crippen LogP contribution in [0.4, 0.5) is 10.3 Å². The summed E-state index contributed by atoms with van der Waals surface area (Å²) in [4.78, 5) is 15.5. The van der Waals surface area contributed by atoms with Crippen molar-refractivity contribution in [1.29, 1.82) is 0 Å². The van der Waals surface area contributed by atoms with E-state index in [2.05, 4.69) is 25.2 Å². The zero-order chi connectivity index (χ0) is 16.1. The number of fused-ring (bicyclic) bond motifs is 3. The molecule has 1 spiro atoms. The largest absolute Gasteiger partial charge is 0.455 e. The van der Waals surface area contributed by atoms with Gasteiger partial charge < -0.3 is 4.74 Å². The second-order valence-corrected chi connectivity index (χ2v) is 6.83. The van der Waals surface area contributed by atoms with Crippen LogP contribution in [-0.2, 0) is 4.74 Å². The highest BCUT2D eigenvalue weighted by molar-refractivity contribution is 5.90. The Balaban J connectivity index is 1.36. The summed E-state index contributed by atoms with van der Waals surface area (Å²) >= 11 is 0. The predicted molar refractivity (Wildman–Crippen MR) is 88.4 cm³/mol. The van der Waals surface area contributed by atoms with E-state index in [4.69, 9.17) is 4.74 Å². The van der Waals surface area contributed by atoms with Gasteiger partial charge in [-0.15, -0.1) is 0 Å². The Labute approximate surface area is 138 Å². The summed E-state index contributed by atoms with van der Waals surface area (Å²) in [6, 6.07) is 5.28. The lowest BCUT2D eigenvalue weighted by Gasteiger charge is -2.50. The number of halogens is 1. The molecule has 2 aromatic rings. The van der Waals surface area contributed by atoms with Gasteiger partial charge in [-0.3, -0.25) is 10.2 Å². The van der Waals surface area contributed by atoms with Crippen LogP contribution in [0.25, 0.3) is 10.9 Å². The van der Waals surface area contributed by atoms with Crippen LogP contribution in [0.1, 0.15) is 12.8 Å². The van der Waals surface area contributed by atoms with Crippen LogP contribution in [0, 0.1) is 11.7 Å². The topological polar surface area (TPSA) is 62.6 Å². The highest BCUT2D eigenvalue weighted by atomic mass is 19.1. The molecule has 5 heterocycles. The van der Waals surface area contributed by atoms with Gasteiger partial charge in [-0.1, -0.05) is 6.07 Å². The van der Waals surface area contributed by atoms with Gasteiger partial charge in [0.15, 0.2) is 0 Å². The molecule has 2 bridgehead atoms. The number of nitrogens with one attached hydrogen (secondary N) is 1. The maximum absolute atomic E-state index is 13.7. The molecule has 3 fully saturated rings. The van der Waals surface area contributed by atoms with Gasteiger partial charge in [-0.25, -0.2) is 19.4 Å². The number of hydrogen-bond acceptors (Lipinski definition) is 6. The molecule has 4 aliphatic rings. The van der Waals surface area contributed by atoms with E-state index in [0.717, 1.165) is 19.6 Å². The first-order valence-electron chi connectivity index (χ1n) is 8.36. The number of aliphatic imine (C=N–C) groups is 1. The van der Waals surface area contributed by atoms with E-state index < -0.39 is 0 Å². The highest BCUT2D eigenvalue weighted by Gasteiger charge is 2.51. The van der Waals surface area contributed by atoms with Gasteiger partial charge in [0, 0.05) is 18.7 Å². The Morgan fingerprint density at radius 3 is 2.96 bits per heavy atom. The minimum Gasteiger partial charge on any atom is -0.455 e. The second-order valence-electron chi connectivity index (χ2n) is 6.83. The Morgan fingerprint density at radius 2 is 2.17 bits per heavy atom. The lowest BCUT2D eigenvalue weighted by molar-refractivity contribution is -0.0829. The summed E-state index contributed by atoms with van der Waals surface area (Å²) < 4.78 is 19.9. The van der Waals surface area contributed by atoms with Crippen molar-refractivity contribution in [2.24, 2.45) is 10.9 Å². The molecule has 0 saturated carbocycles. The van der Waals surface area contributed by atoms with Gasteiger partial charge >= 0.3 is 0 Å². The van der Waals surface area contributed by atoms with Gasteiger partial charge in [-0.2, -0.15) is 0 Å². The predicted octanol–water partition coefficient (Wildman–Crippen LogP) is 2.03. The normalized spacial score (nSPS) is 31.3. The van der Waals surface area contributed by atoms with Crippen LogP contribution in [0.2, 0.25) is 0 Å². The summed E-state index contributed by atoms with van der Waals surface area (Å²) in [5.74, 6) is 0.627. The average molecular weight is 327 g/mol. The fourth-order valence-corrected chi connectivity index (χ4v) is 4.12. The quantitative estimate of drug-likeness (QED) is 0.868. The molecule has 1 aromatic carbocycles. The van der Waals surface area contributed by atoms with Crippen molar-refractivity contribution in [3.05, 3.63) is 30.2 Å². The number of nitrogens with zero attached hydrogens (tertiary/aromatic N) is 4. The van der Waals surface area contributed by atoms with Crippen molar-refractivity contribution >= 4 is 22.9 Å². The molecule has 1 N–H and O–H groups in total. The van der Waals surface area contributed by atoms with E-state index >= 15 is 0 Å². The number of hydrogen-bond donors (Lipinski definition) is 1. The number of piperidine rings is 3. The molecule has 0 amide bonds. The number of rotatable bonds is 1. The molecule has 124 valence electrons. The van der Waals surface area contributed by atoms with E-state index in [0.29, 0.717) is 35.3 Å². The number of aromatic nitrogens is 2. The summed E-state index contributed by atoms with van der Waals surface area (Å²) in [6.07, 6.45) is 3.84. The van der Waals surface area contributed by atoms with Gasteiger partial charge in [0.05, 0.1) is 17.4 Å². The third-order valence-corrected chi connectivity index (χ3v) is 5.40. The second kappa shape index (κ2) is 5.11. The summed E-state index contributed by atoms with van der Waals surface area (Å²) in [5.41, 5.74) is 0.366. The molecule has 3 saturated heterocycles. The van der Waals surface area contributed by atoms with Crippen LogP contribution in [0.5, 0.6) is 0 Å². The molecule has 7 heteroatoms. The first kappa shape index (κ1) is 14.1. The third kappa shape index (κ3) is 2.15. The Kier molecular flexibility index (Phi) is 3.00. The standard InChI is InChI=1S/C17H18FN5O/c18-13-2-1-3-14-12(13)8-19-15(21-14)22-16-20-9-17(24-16)10-23-6-4-11(17)5-7-23/h1-3,8,11H,4-7,9-10H2,(H,19,20,21,22)/t17-/m0/s1. The van der Waals surface area contributed by atoms with E-state index in [-0.39, 0.29) is 11.4 Å². The maximum atomic E-state index is 13.7. The van der Waals surface area contributed by atoms with E-state index in [1.807, 2.05) is 0 Å². The van der Waals surface area contributed by atoms with Crippen molar-refractivity contribution in [1.82, 2.24) is 14.9 Å². The maximum Gasteiger partial charge on any atom is 0.292 e. The molecule has 6 nitrogen and oxygen atoms in total. The Morgan fingerprint density at radius 1 is 1.29 bits per heavy atom. The van der Waals surface area contributed by atoms with Crippen molar-refractivity contribution < 1.29 is 9.13 Å². The van der Waals surface area contributed by atoms with Crippen LogP contribution in [-0.4, -0.2) is 52.7 Å². The van der Waals surface area contributed by atoms with Crippen molar-refractivity contribution in [2.75, 3.05) is 31.5 Å². The molecule has 24 heavy (non-hydrogen) atoms. The molecule has 4 aliphatic heterocycles. The minimum absolute atomic E-state index is 0.193. The summed E-state index contributed by atoms with van der Waals surface area (Å²) in [5, 5.41) is 3.46. The highest BCUT2D eigenvalue weighted by Crippen LogP contribution is 2.40. The SMILES string of the molecule is Fc1cccc2nc(NC3=NC[C@@]4(CN5CCC4CC5)O3)ncc12. The molecule has 0 radical (unpaired) electrons. The van der Waals surface area contributed by atoms with Crippen LogP contribution in [0.3, 0.4) is 0 Å². The van der Waals surface area contributed by atoms with Crippen LogP contribution in [0.15, 0.2) is 29.4 Å². The van der Waals surface area contributed by atoms with Crippen LogP contribution < -0.4 is 5.32 Å². The fourth-order valence-electron chi connectivity index (χ4n) is 4.12. The van der Waals surface area contributed by atoms with Gasteiger partial charge in [0.25, 0.3) is 6.02 Å². The first-order valence-corrected chi connectivity index (χ1v) is 8.36. The van der Waals surface area contributed by atoms with Crippen molar-refractivity contribution in [3.8, 4) is 0 Å². The zero-order valence-electron chi connectivity index (χ0n) is 13.2. The summed E-state index contributed by atoms with van der Waals surface area (Å²) in [7, 11) is 0. The third-order valence-electron chi connectivity index (χ3n) is 5.40. The fraction of sp³-hybridized carbons (Fsp3) is 0.471. The lowest BCUT2D eigenvalue weighted by Crippen LogP contribution is -2.61. The van der Waals surface area contributed by atoms with Crippen molar-refractivity contribution in [2.45, 2.75) is 18.4 Å². The minimum atomic E-state index is -0.320.